The van der Waals surface area contributed by atoms with E-state index < -0.39 is 0 Å². The molecule has 0 aromatic carbocycles. The lowest BCUT2D eigenvalue weighted by atomic mass is 10.0. The van der Waals surface area contributed by atoms with Gasteiger partial charge in [-0.1, -0.05) is 6.08 Å². The van der Waals surface area contributed by atoms with Gasteiger partial charge in [-0.2, -0.15) is 0 Å². The second kappa shape index (κ2) is 2.07. The third kappa shape index (κ3) is 0.996. The summed E-state index contributed by atoms with van der Waals surface area (Å²) in [5, 5.41) is 3.03. The van der Waals surface area contributed by atoms with E-state index in [9.17, 15) is 4.39 Å². The Hall–Kier alpha value is -0.370. The number of hydrogen-bond donors (Lipinski definition) is 1. The highest BCUT2D eigenvalue weighted by Gasteiger charge is 2.11. The average molecular weight is 101 g/mol. The van der Waals surface area contributed by atoms with Crippen molar-refractivity contribution in [1.82, 2.24) is 5.32 Å². The molecule has 0 radical (unpaired) electrons. The molecule has 7 heavy (non-hydrogen) atoms. The fourth-order valence-corrected chi connectivity index (χ4v) is 0.550. The Kier molecular flexibility index (Phi) is 1.42. The summed E-state index contributed by atoms with van der Waals surface area (Å²) >= 11 is 0. The van der Waals surface area contributed by atoms with Crippen LogP contribution in [0, 0.1) is 5.92 Å². The van der Waals surface area contributed by atoms with E-state index in [4.69, 9.17) is 0 Å². The first-order chi connectivity index (χ1) is 3.43. The molecule has 2 heteroatoms. The van der Waals surface area contributed by atoms with Crippen molar-refractivity contribution in [3.8, 4) is 0 Å². The quantitative estimate of drug-likeness (QED) is 0.512. The molecular formula is C5H8FN. The predicted molar refractivity (Wildman–Crippen MR) is 26.6 cm³/mol. The zero-order valence-corrected chi connectivity index (χ0v) is 4.02. The van der Waals surface area contributed by atoms with Crippen LogP contribution in [0.3, 0.4) is 0 Å². The van der Waals surface area contributed by atoms with Gasteiger partial charge in [0.25, 0.3) is 0 Å². The first kappa shape index (κ1) is 4.78. The maximum absolute atomic E-state index is 11.3. The van der Waals surface area contributed by atoms with Crippen LogP contribution in [0.25, 0.3) is 0 Å². The molecule has 1 rings (SSSR count). The summed E-state index contributed by atoms with van der Waals surface area (Å²) in [5.41, 5.74) is 0. The predicted octanol–water partition coefficient (Wildman–Crippen LogP) is 0.689. The minimum Gasteiger partial charge on any atom is -0.315 e. The molecule has 0 bridgehead atoms. The van der Waals surface area contributed by atoms with Crippen LogP contribution in [-0.2, 0) is 0 Å². The topological polar surface area (TPSA) is 12.0 Å². The van der Waals surface area contributed by atoms with Crippen molar-refractivity contribution in [2.24, 2.45) is 5.92 Å². The van der Waals surface area contributed by atoms with Crippen LogP contribution in [0.5, 0.6) is 0 Å². The maximum atomic E-state index is 11.3. The Morgan fingerprint density at radius 3 is 2.43 bits per heavy atom. The van der Waals surface area contributed by atoms with E-state index >= 15 is 0 Å². The van der Waals surface area contributed by atoms with Crippen LogP contribution in [0.1, 0.15) is 0 Å². The maximum Gasteiger partial charge on any atom is 0.0830 e. The monoisotopic (exact) mass is 101 g/mol. The van der Waals surface area contributed by atoms with Crippen molar-refractivity contribution in [2.75, 3.05) is 13.1 Å². The van der Waals surface area contributed by atoms with Gasteiger partial charge in [0.15, 0.2) is 0 Å². The molecule has 0 aliphatic carbocycles. The third-order valence-corrected chi connectivity index (χ3v) is 1.16. The van der Waals surface area contributed by atoms with Crippen molar-refractivity contribution in [3.05, 3.63) is 12.4 Å². The normalized spacial score (nSPS) is 23.0. The fraction of sp³-hybridized carbons (Fsp3) is 0.600. The summed E-state index contributed by atoms with van der Waals surface area (Å²) in [6.07, 6.45) is 2.20. The Morgan fingerprint density at radius 1 is 1.57 bits per heavy atom. The van der Waals surface area contributed by atoms with Crippen molar-refractivity contribution in [1.29, 1.82) is 0 Å². The third-order valence-electron chi connectivity index (χ3n) is 1.16. The van der Waals surface area contributed by atoms with Gasteiger partial charge >= 0.3 is 0 Å². The summed E-state index contributed by atoms with van der Waals surface area (Å²) in [6, 6.07) is 0. The van der Waals surface area contributed by atoms with Crippen LogP contribution in [0.4, 0.5) is 4.39 Å². The lowest BCUT2D eigenvalue weighted by Gasteiger charge is -2.22. The zero-order chi connectivity index (χ0) is 5.11. The molecule has 0 atom stereocenters. The minimum absolute atomic E-state index is 0.463. The minimum atomic E-state index is 0.463. The molecule has 0 amide bonds. The summed E-state index contributed by atoms with van der Waals surface area (Å²) in [5.74, 6) is 0.463. The van der Waals surface area contributed by atoms with Gasteiger partial charge in [-0.05, 0) is 0 Å². The smallest absolute Gasteiger partial charge is 0.0830 e. The van der Waals surface area contributed by atoms with E-state index in [0.717, 1.165) is 13.1 Å². The molecule has 0 unspecified atom stereocenters. The van der Waals surface area contributed by atoms with Crippen molar-refractivity contribution in [2.45, 2.75) is 0 Å². The average Bonchev–Trinajstić information content (AvgIpc) is 1.55. The van der Waals surface area contributed by atoms with Crippen LogP contribution >= 0.6 is 0 Å². The number of hydrogen-bond acceptors (Lipinski definition) is 1. The molecule has 1 fully saturated rings. The molecule has 1 nitrogen and oxygen atoms in total. The Labute approximate surface area is 42.2 Å². The number of nitrogens with one attached hydrogen (secondary N) is 1. The second-order valence-corrected chi connectivity index (χ2v) is 1.74. The van der Waals surface area contributed by atoms with Gasteiger partial charge in [-0.25, -0.2) is 4.39 Å². The van der Waals surface area contributed by atoms with Crippen molar-refractivity contribution >= 4 is 0 Å². The highest BCUT2D eigenvalue weighted by molar-refractivity contribution is 4.91. The van der Waals surface area contributed by atoms with Gasteiger partial charge in [-0.15, -0.1) is 0 Å². The highest BCUT2D eigenvalue weighted by atomic mass is 19.1. The molecule has 0 saturated carbocycles. The lowest BCUT2D eigenvalue weighted by molar-refractivity contribution is 0.414. The zero-order valence-electron chi connectivity index (χ0n) is 4.02. The molecular weight excluding hydrogens is 93.1 g/mol. The fourth-order valence-electron chi connectivity index (χ4n) is 0.550. The molecule has 1 saturated heterocycles. The first-order valence-corrected chi connectivity index (χ1v) is 2.41. The molecule has 0 aromatic heterocycles. The summed E-state index contributed by atoms with van der Waals surface area (Å²) in [6.45, 7) is 1.89. The summed E-state index contributed by atoms with van der Waals surface area (Å²) in [4.78, 5) is 0. The van der Waals surface area contributed by atoms with E-state index in [1.807, 2.05) is 0 Å². The lowest BCUT2D eigenvalue weighted by Crippen LogP contribution is -2.40. The summed E-state index contributed by atoms with van der Waals surface area (Å²) < 4.78 is 11.3. The standard InChI is InChI=1S/C5H8FN/c6-2-1-5-3-7-4-5/h1-2,5,7H,3-4H2/b2-1-. The van der Waals surface area contributed by atoms with Crippen LogP contribution < -0.4 is 5.32 Å². The van der Waals surface area contributed by atoms with E-state index in [2.05, 4.69) is 5.32 Å². The van der Waals surface area contributed by atoms with Crippen LogP contribution in [0.15, 0.2) is 12.4 Å². The van der Waals surface area contributed by atoms with Gasteiger partial charge in [0.2, 0.25) is 0 Å². The molecule has 0 spiro atoms. The highest BCUT2D eigenvalue weighted by Crippen LogP contribution is 2.02. The van der Waals surface area contributed by atoms with Crippen molar-refractivity contribution < 1.29 is 4.39 Å². The van der Waals surface area contributed by atoms with Crippen molar-refractivity contribution in [3.63, 3.8) is 0 Å². The number of rotatable bonds is 1. The van der Waals surface area contributed by atoms with Gasteiger partial charge < -0.3 is 5.32 Å². The first-order valence-electron chi connectivity index (χ1n) is 2.41. The van der Waals surface area contributed by atoms with Crippen LogP contribution in [0.2, 0.25) is 0 Å². The molecule has 40 valence electrons. The van der Waals surface area contributed by atoms with Gasteiger partial charge in [0, 0.05) is 19.0 Å². The SMILES string of the molecule is F/C=C\C1CNC1. The van der Waals surface area contributed by atoms with Gasteiger partial charge in [0.1, 0.15) is 0 Å². The van der Waals surface area contributed by atoms with E-state index in [1.54, 1.807) is 6.08 Å². The van der Waals surface area contributed by atoms with E-state index in [0.29, 0.717) is 12.2 Å². The van der Waals surface area contributed by atoms with Gasteiger partial charge in [0.05, 0.1) is 6.33 Å². The largest absolute Gasteiger partial charge is 0.315 e. The Bertz CT molecular complexity index is 76.1. The van der Waals surface area contributed by atoms with Crippen LogP contribution in [-0.4, -0.2) is 13.1 Å². The van der Waals surface area contributed by atoms with E-state index in [-0.39, 0.29) is 0 Å². The molecule has 1 N–H and O–H groups in total. The summed E-state index contributed by atoms with van der Waals surface area (Å²) in [7, 11) is 0. The second-order valence-electron chi connectivity index (χ2n) is 1.74. The molecule has 1 heterocycles. The Morgan fingerprint density at radius 2 is 2.29 bits per heavy atom. The van der Waals surface area contributed by atoms with Gasteiger partial charge in [-0.3, -0.25) is 0 Å². The Balaban J connectivity index is 2.14. The molecule has 0 aromatic rings. The number of halogens is 1. The van der Waals surface area contributed by atoms with E-state index in [1.165, 1.54) is 0 Å². The molecule has 1 aliphatic heterocycles. The molecule has 1 aliphatic rings.